The van der Waals surface area contributed by atoms with Crippen LogP contribution in [0.25, 0.3) is 0 Å². The van der Waals surface area contributed by atoms with Gasteiger partial charge in [0.1, 0.15) is 5.75 Å². The van der Waals surface area contributed by atoms with Gasteiger partial charge in [-0.05, 0) is 29.8 Å². The molecule has 7 nitrogen and oxygen atoms in total. The maximum Gasteiger partial charge on any atom is 0.307 e. The van der Waals surface area contributed by atoms with E-state index < -0.39 is 22.0 Å². The Morgan fingerprint density at radius 1 is 1.35 bits per heavy atom. The van der Waals surface area contributed by atoms with Crippen molar-refractivity contribution in [3.63, 3.8) is 0 Å². The summed E-state index contributed by atoms with van der Waals surface area (Å²) in [6, 6.07) is 7.73. The summed E-state index contributed by atoms with van der Waals surface area (Å²) in [7, 11) is -2.70. The topological polar surface area (TPSA) is 106 Å². The molecule has 1 aromatic carbocycles. The molecule has 0 aliphatic carbocycles. The average Bonchev–Trinajstić information content (AvgIpc) is 2.54. The molecule has 1 atom stereocenters. The molecule has 8 heteroatoms. The summed E-state index contributed by atoms with van der Waals surface area (Å²) in [6.45, 7) is 0. The Kier molecular flexibility index (Phi) is 5.30. The number of nitrogens with zero attached hydrogens (tertiary/aromatic N) is 1. The number of esters is 1. The number of methoxy groups -OCH3 is 1. The second kappa shape index (κ2) is 7.21. The van der Waals surface area contributed by atoms with Gasteiger partial charge in [0, 0.05) is 12.4 Å². The van der Waals surface area contributed by atoms with Crippen LogP contribution in [0.3, 0.4) is 0 Å². The summed E-state index contributed by atoms with van der Waals surface area (Å²) in [5.74, 6) is -0.726. The van der Waals surface area contributed by atoms with Crippen LogP contribution in [0.2, 0.25) is 0 Å². The number of phenolic OH excluding ortho intramolecular Hbond substituents is 1. The van der Waals surface area contributed by atoms with Crippen LogP contribution >= 0.6 is 0 Å². The molecule has 2 rings (SSSR count). The first-order valence-corrected chi connectivity index (χ1v) is 8.19. The fraction of sp³-hybridized carbons (Fsp3) is 0.200. The number of aromatic nitrogens is 1. The lowest BCUT2D eigenvalue weighted by Crippen LogP contribution is -2.30. The van der Waals surface area contributed by atoms with Crippen LogP contribution < -0.4 is 4.72 Å². The number of benzene rings is 1. The van der Waals surface area contributed by atoms with Crippen LogP contribution in [0.15, 0.2) is 53.7 Å². The number of aromatic hydroxyl groups is 1. The van der Waals surface area contributed by atoms with E-state index >= 15 is 0 Å². The molecule has 0 aliphatic rings. The number of pyridine rings is 1. The molecule has 122 valence electrons. The van der Waals surface area contributed by atoms with Gasteiger partial charge in [0.2, 0.25) is 10.0 Å². The van der Waals surface area contributed by atoms with Crippen LogP contribution in [0.5, 0.6) is 5.75 Å². The van der Waals surface area contributed by atoms with Crippen molar-refractivity contribution in [2.45, 2.75) is 17.4 Å². The third-order valence-electron chi connectivity index (χ3n) is 3.11. The average molecular weight is 336 g/mol. The second-order valence-electron chi connectivity index (χ2n) is 4.74. The van der Waals surface area contributed by atoms with Crippen molar-refractivity contribution >= 4 is 16.0 Å². The third-order valence-corrected chi connectivity index (χ3v) is 4.58. The van der Waals surface area contributed by atoms with Gasteiger partial charge < -0.3 is 9.84 Å². The van der Waals surface area contributed by atoms with Crippen LogP contribution in [0, 0.1) is 0 Å². The maximum absolute atomic E-state index is 12.4. The van der Waals surface area contributed by atoms with E-state index in [0.717, 1.165) is 6.07 Å². The molecular weight excluding hydrogens is 320 g/mol. The summed E-state index contributed by atoms with van der Waals surface area (Å²) >= 11 is 0. The summed E-state index contributed by atoms with van der Waals surface area (Å²) in [5, 5.41) is 9.43. The molecule has 0 saturated carbocycles. The highest BCUT2D eigenvalue weighted by molar-refractivity contribution is 7.89. The molecule has 23 heavy (non-hydrogen) atoms. The zero-order valence-electron chi connectivity index (χ0n) is 12.3. The molecule has 0 spiro atoms. The minimum atomic E-state index is -3.93. The number of phenols is 1. The molecule has 0 aliphatic heterocycles. The van der Waals surface area contributed by atoms with Gasteiger partial charge in [-0.25, -0.2) is 13.1 Å². The van der Waals surface area contributed by atoms with E-state index in [1.54, 1.807) is 18.3 Å². The van der Waals surface area contributed by atoms with E-state index in [2.05, 4.69) is 14.4 Å². The van der Waals surface area contributed by atoms with Gasteiger partial charge in [0.25, 0.3) is 0 Å². The predicted molar refractivity (Wildman–Crippen MR) is 82.0 cm³/mol. The van der Waals surface area contributed by atoms with Crippen molar-refractivity contribution in [2.24, 2.45) is 0 Å². The minimum Gasteiger partial charge on any atom is -0.508 e. The van der Waals surface area contributed by atoms with Gasteiger partial charge in [-0.1, -0.05) is 12.1 Å². The third kappa shape index (κ3) is 4.51. The maximum atomic E-state index is 12.4. The largest absolute Gasteiger partial charge is 0.508 e. The Labute approximate surface area is 134 Å². The number of carbonyl (C=O) groups is 1. The quantitative estimate of drug-likeness (QED) is 0.772. The lowest BCUT2D eigenvalue weighted by atomic mass is 10.1. The molecular formula is C15H16N2O5S. The monoisotopic (exact) mass is 336 g/mol. The zero-order valence-corrected chi connectivity index (χ0v) is 13.2. The lowest BCUT2D eigenvalue weighted by Gasteiger charge is -2.18. The van der Waals surface area contributed by atoms with E-state index in [9.17, 15) is 18.3 Å². The number of hydrogen-bond acceptors (Lipinski definition) is 6. The Balaban J connectivity index is 2.31. The number of rotatable bonds is 6. The van der Waals surface area contributed by atoms with Gasteiger partial charge in [-0.3, -0.25) is 9.78 Å². The second-order valence-corrected chi connectivity index (χ2v) is 6.45. The number of nitrogens with one attached hydrogen (secondary N) is 1. The van der Waals surface area contributed by atoms with Gasteiger partial charge >= 0.3 is 5.97 Å². The van der Waals surface area contributed by atoms with Crippen molar-refractivity contribution < 1.29 is 23.1 Å². The summed E-state index contributed by atoms with van der Waals surface area (Å²) in [6.07, 6.45) is 2.83. The van der Waals surface area contributed by atoms with Gasteiger partial charge in [-0.15, -0.1) is 0 Å². The first-order chi connectivity index (χ1) is 10.9. The Morgan fingerprint density at radius 2 is 2.13 bits per heavy atom. The number of hydrogen-bond donors (Lipinski definition) is 2. The van der Waals surface area contributed by atoms with E-state index in [0.29, 0.717) is 5.56 Å². The van der Waals surface area contributed by atoms with Gasteiger partial charge in [0.15, 0.2) is 0 Å². The SMILES string of the molecule is COC(=O)CC(NS(=O)(=O)c1cccc(O)c1)c1cccnc1. The van der Waals surface area contributed by atoms with Crippen molar-refractivity contribution in [3.05, 3.63) is 54.4 Å². The van der Waals surface area contributed by atoms with Crippen molar-refractivity contribution in [2.75, 3.05) is 7.11 Å². The molecule has 0 bridgehead atoms. The van der Waals surface area contributed by atoms with Crippen LogP contribution in [-0.2, 0) is 19.6 Å². The van der Waals surface area contributed by atoms with Gasteiger partial charge in [-0.2, -0.15) is 0 Å². The van der Waals surface area contributed by atoms with E-state index in [4.69, 9.17) is 0 Å². The highest BCUT2D eigenvalue weighted by Gasteiger charge is 2.24. The molecule has 2 aromatic rings. The first-order valence-electron chi connectivity index (χ1n) is 6.70. The molecule has 0 radical (unpaired) electrons. The van der Waals surface area contributed by atoms with Crippen molar-refractivity contribution in [3.8, 4) is 5.75 Å². The number of ether oxygens (including phenoxy) is 1. The molecule has 2 N–H and O–H groups in total. The molecule has 0 saturated heterocycles. The normalized spacial score (nSPS) is 12.6. The molecule has 0 fully saturated rings. The molecule has 1 unspecified atom stereocenters. The van der Waals surface area contributed by atoms with E-state index in [-0.39, 0.29) is 17.1 Å². The fourth-order valence-electron chi connectivity index (χ4n) is 1.97. The highest BCUT2D eigenvalue weighted by Crippen LogP contribution is 2.22. The van der Waals surface area contributed by atoms with Crippen molar-refractivity contribution in [1.82, 2.24) is 9.71 Å². The van der Waals surface area contributed by atoms with Crippen LogP contribution in [-0.4, -0.2) is 31.6 Å². The smallest absolute Gasteiger partial charge is 0.307 e. The number of sulfonamides is 1. The number of carbonyl (C=O) groups excluding carboxylic acids is 1. The first kappa shape index (κ1) is 16.9. The van der Waals surface area contributed by atoms with E-state index in [1.807, 2.05) is 0 Å². The Morgan fingerprint density at radius 3 is 2.74 bits per heavy atom. The highest BCUT2D eigenvalue weighted by atomic mass is 32.2. The minimum absolute atomic E-state index is 0.101. The summed E-state index contributed by atoms with van der Waals surface area (Å²) < 4.78 is 31.9. The molecule has 1 aromatic heterocycles. The fourth-order valence-corrected chi connectivity index (χ4v) is 3.23. The van der Waals surface area contributed by atoms with Crippen LogP contribution in [0.1, 0.15) is 18.0 Å². The Hall–Kier alpha value is -2.45. The van der Waals surface area contributed by atoms with Crippen molar-refractivity contribution in [1.29, 1.82) is 0 Å². The molecule has 1 heterocycles. The summed E-state index contributed by atoms with van der Waals surface area (Å²) in [4.78, 5) is 15.4. The zero-order chi connectivity index (χ0) is 16.9. The predicted octanol–water partition coefficient (Wildman–Crippen LogP) is 1.37. The van der Waals surface area contributed by atoms with Gasteiger partial charge in [0.05, 0.1) is 24.5 Å². The summed E-state index contributed by atoms with van der Waals surface area (Å²) in [5.41, 5.74) is 0.529. The van der Waals surface area contributed by atoms with E-state index in [1.165, 1.54) is 31.5 Å². The van der Waals surface area contributed by atoms with Crippen LogP contribution in [0.4, 0.5) is 0 Å². The Bertz CT molecular complexity index is 777. The molecule has 0 amide bonds. The lowest BCUT2D eigenvalue weighted by molar-refractivity contribution is -0.141. The standard InChI is InChI=1S/C15H16N2O5S/c1-22-15(19)9-14(11-4-3-7-16-10-11)17-23(20,21)13-6-2-5-12(18)8-13/h2-8,10,14,17-18H,9H2,1H3.